The van der Waals surface area contributed by atoms with Gasteiger partial charge >= 0.3 is 18.0 Å². The molecule has 244 valence electrons. The van der Waals surface area contributed by atoms with Gasteiger partial charge in [-0.25, -0.2) is 10.0 Å². The molecule has 4 unspecified atom stereocenters. The fraction of sp³-hybridized carbons (Fsp3) is 0.906. The van der Waals surface area contributed by atoms with Crippen molar-refractivity contribution < 1.29 is 38.5 Å². The average molecular weight is 608 g/mol. The van der Waals surface area contributed by atoms with Crippen LogP contribution in [-0.4, -0.2) is 59.6 Å². The number of hydrogen-bond acceptors (Lipinski definition) is 9. The number of hydrogen-bond donors (Lipinski definition) is 1. The van der Waals surface area contributed by atoms with Crippen LogP contribution in [0.4, 0.5) is 4.79 Å². The van der Waals surface area contributed by atoms with Crippen molar-refractivity contribution in [3.63, 3.8) is 0 Å². The number of carbonyl (C=O) groups excluding carboxylic acids is 3. The van der Waals surface area contributed by atoms with E-state index >= 15 is 0 Å². The van der Waals surface area contributed by atoms with Crippen LogP contribution in [0.5, 0.6) is 0 Å². The Balaban J connectivity index is 1.12. The van der Waals surface area contributed by atoms with E-state index in [9.17, 15) is 19.6 Å². The van der Waals surface area contributed by atoms with Gasteiger partial charge in [0.25, 0.3) is 0 Å². The van der Waals surface area contributed by atoms with E-state index in [1.807, 2.05) is 0 Å². The average Bonchev–Trinajstić information content (AvgIpc) is 3.01. The maximum Gasteiger partial charge on any atom is 0.407 e. The smallest absolute Gasteiger partial charge is 0.407 e. The van der Waals surface area contributed by atoms with Gasteiger partial charge in [0, 0.05) is 24.0 Å². The molecule has 4 saturated carbocycles. The molecule has 4 aliphatic rings. The third-order valence-corrected chi connectivity index (χ3v) is 9.82. The van der Waals surface area contributed by atoms with E-state index in [1.54, 1.807) is 13.8 Å². The zero-order valence-electron chi connectivity index (χ0n) is 26.2. The Morgan fingerprint density at radius 3 is 1.67 bits per heavy atom. The van der Waals surface area contributed by atoms with Gasteiger partial charge in [0.05, 0.1) is 0 Å². The van der Waals surface area contributed by atoms with Crippen LogP contribution in [0.15, 0.2) is 5.11 Å². The van der Waals surface area contributed by atoms with Crippen LogP contribution in [0.25, 0.3) is 0 Å². The van der Waals surface area contributed by atoms with E-state index in [-0.39, 0.29) is 42.3 Å². The van der Waals surface area contributed by atoms with Gasteiger partial charge in [-0.05, 0) is 115 Å². The van der Waals surface area contributed by atoms with Crippen LogP contribution in [0.3, 0.4) is 0 Å². The van der Waals surface area contributed by atoms with E-state index in [4.69, 9.17) is 19.0 Å². The fourth-order valence-electron chi connectivity index (χ4n) is 7.28. The van der Waals surface area contributed by atoms with Gasteiger partial charge < -0.3 is 24.4 Å². The quantitative estimate of drug-likeness (QED) is 0.119. The molecule has 4 atom stereocenters. The zero-order valence-corrected chi connectivity index (χ0v) is 26.2. The first-order valence-electron chi connectivity index (χ1n) is 17.0. The summed E-state index contributed by atoms with van der Waals surface area (Å²) in [4.78, 5) is 41.7. The van der Waals surface area contributed by atoms with Crippen molar-refractivity contribution in [2.24, 2.45) is 17.0 Å². The van der Waals surface area contributed by atoms with Gasteiger partial charge in [-0.3, -0.25) is 9.59 Å². The molecule has 0 aromatic carbocycles. The lowest BCUT2D eigenvalue weighted by Gasteiger charge is -2.34. The molecule has 43 heavy (non-hydrogen) atoms. The summed E-state index contributed by atoms with van der Waals surface area (Å²) < 4.78 is 16.7. The number of nitrogens with zero attached hydrogens (tertiary/aromatic N) is 2. The van der Waals surface area contributed by atoms with Crippen molar-refractivity contribution in [2.45, 2.75) is 172 Å². The van der Waals surface area contributed by atoms with Crippen molar-refractivity contribution in [3.8, 4) is 0 Å². The van der Waals surface area contributed by atoms with Gasteiger partial charge in [0.15, 0.2) is 5.02 Å². The Morgan fingerprint density at radius 2 is 1.14 bits per heavy atom. The minimum absolute atomic E-state index is 0.0332. The maximum absolute atomic E-state index is 12.6. The normalized spacial score (nSPS) is 33.6. The van der Waals surface area contributed by atoms with Crippen molar-refractivity contribution >= 4 is 18.0 Å². The second-order valence-electron chi connectivity index (χ2n) is 13.0. The van der Waals surface area contributed by atoms with Gasteiger partial charge in [0.2, 0.25) is 0 Å². The molecule has 11 heteroatoms. The van der Waals surface area contributed by atoms with Gasteiger partial charge in [-0.2, -0.15) is 0 Å². The predicted octanol–water partition coefficient (Wildman–Crippen LogP) is 6.64. The molecule has 1 N–H and O–H groups in total. The van der Waals surface area contributed by atoms with Crippen molar-refractivity contribution in [3.05, 3.63) is 5.21 Å². The van der Waals surface area contributed by atoms with Crippen LogP contribution >= 0.6 is 0 Å². The standard InChI is InChI=1S/C32H53N3O8/c1-3-30(36)40-26-9-5-6-10-27(26)42-32(38)33-24-17-13-22(14-18-24)21-23-15-19-25(20-16-23)34-35(39)43-29-12-8-7-11-28(29)41-31(37)4-2/h22-29H,3-21H2,1-2H3,(H,33,38). The molecule has 0 radical (unpaired) electrons. The summed E-state index contributed by atoms with van der Waals surface area (Å²) in [5.74, 6) is 0.778. The van der Waals surface area contributed by atoms with E-state index in [0.717, 1.165) is 96.3 Å². The van der Waals surface area contributed by atoms with Crippen LogP contribution in [0, 0.1) is 17.0 Å². The molecule has 1 amide bonds. The largest absolute Gasteiger partial charge is 0.461 e. The summed E-state index contributed by atoms with van der Waals surface area (Å²) in [5.41, 5.74) is 0. The lowest BCUT2D eigenvalue weighted by atomic mass is 9.76. The number of nitrogens with one attached hydrogen (secondary N) is 1. The van der Waals surface area contributed by atoms with Crippen LogP contribution < -0.4 is 5.32 Å². The molecule has 0 saturated heterocycles. The van der Waals surface area contributed by atoms with E-state index in [1.165, 1.54) is 6.42 Å². The maximum atomic E-state index is 12.6. The summed E-state index contributed by atoms with van der Waals surface area (Å²) in [6.07, 6.45) is 14.6. The second-order valence-corrected chi connectivity index (χ2v) is 13.0. The molecule has 0 spiro atoms. The predicted molar refractivity (Wildman–Crippen MR) is 158 cm³/mol. The molecule has 0 aromatic heterocycles. The first-order chi connectivity index (χ1) is 20.8. The summed E-state index contributed by atoms with van der Waals surface area (Å²) >= 11 is 0. The fourth-order valence-corrected chi connectivity index (χ4v) is 7.28. The highest BCUT2D eigenvalue weighted by atomic mass is 16.9. The molecule has 4 fully saturated rings. The Bertz CT molecular complexity index is 930. The van der Waals surface area contributed by atoms with Gasteiger partial charge in [-0.15, -0.1) is 0 Å². The molecule has 0 aliphatic heterocycles. The van der Waals surface area contributed by atoms with E-state index < -0.39 is 12.2 Å². The number of esters is 2. The Labute approximate surface area is 256 Å². The number of rotatable bonds is 11. The Morgan fingerprint density at radius 1 is 0.674 bits per heavy atom. The number of alkyl carbamates (subject to hydrolysis) is 1. The summed E-state index contributed by atoms with van der Waals surface area (Å²) in [6.45, 7) is 3.53. The molecule has 0 heterocycles. The highest BCUT2D eigenvalue weighted by Crippen LogP contribution is 2.36. The number of amides is 1. The number of carbonyl (C=O) groups is 3. The topological polar surface area (TPSA) is 139 Å². The molecular formula is C32H53N3O8. The first-order valence-corrected chi connectivity index (χ1v) is 17.0. The van der Waals surface area contributed by atoms with E-state index in [2.05, 4.69) is 10.4 Å². The summed E-state index contributed by atoms with van der Waals surface area (Å²) in [7, 11) is 0. The second kappa shape index (κ2) is 17.0. The molecule has 11 nitrogen and oxygen atoms in total. The SMILES string of the molecule is CCC(=O)OC1CCCCC1OC(=O)NC1CCC(CC2CCC(N=[N+]([O-])OC3CCCCC3OC(=O)CC)CC2)CC1. The highest BCUT2D eigenvalue weighted by Gasteiger charge is 2.34. The van der Waals surface area contributed by atoms with Crippen molar-refractivity contribution in [2.75, 3.05) is 0 Å². The molecule has 4 rings (SSSR count). The van der Waals surface area contributed by atoms with Crippen molar-refractivity contribution in [1.82, 2.24) is 5.32 Å². The number of ether oxygens (including phenoxy) is 3. The Hall–Kier alpha value is -2.59. The van der Waals surface area contributed by atoms with Crippen LogP contribution in [0.2, 0.25) is 0 Å². The first kappa shape index (κ1) is 33.3. The summed E-state index contributed by atoms with van der Waals surface area (Å²) in [6, 6.07) is 0.0880. The third-order valence-electron chi connectivity index (χ3n) is 9.82. The van der Waals surface area contributed by atoms with Gasteiger partial charge in [0.1, 0.15) is 30.5 Å². The minimum atomic E-state index is -0.428. The molecular weight excluding hydrogens is 554 g/mol. The molecule has 0 bridgehead atoms. The van der Waals surface area contributed by atoms with E-state index in [0.29, 0.717) is 36.1 Å². The van der Waals surface area contributed by atoms with Crippen molar-refractivity contribution in [1.29, 1.82) is 0 Å². The monoisotopic (exact) mass is 607 g/mol. The lowest BCUT2D eigenvalue weighted by Crippen LogP contribution is -2.43. The lowest BCUT2D eigenvalue weighted by molar-refractivity contribution is -0.804. The zero-order chi connectivity index (χ0) is 30.6. The Kier molecular flexibility index (Phi) is 13.2. The molecule has 0 aromatic rings. The minimum Gasteiger partial charge on any atom is -0.461 e. The van der Waals surface area contributed by atoms with Gasteiger partial charge in [-0.1, -0.05) is 20.3 Å². The van der Waals surface area contributed by atoms with Crippen LogP contribution in [0.1, 0.15) is 136 Å². The summed E-state index contributed by atoms with van der Waals surface area (Å²) in [5, 5.41) is 20.2. The van der Waals surface area contributed by atoms with Crippen LogP contribution in [-0.2, 0) is 28.6 Å². The third kappa shape index (κ3) is 10.8. The molecule has 4 aliphatic carbocycles. The highest BCUT2D eigenvalue weighted by molar-refractivity contribution is 5.70.